The Bertz CT molecular complexity index is 666. The summed E-state index contributed by atoms with van der Waals surface area (Å²) in [5, 5.41) is 0. The molecule has 1 aromatic rings. The molecule has 1 amide bonds. The number of likely N-dealkylation sites (tertiary alicyclic amines) is 1. The van der Waals surface area contributed by atoms with Gasteiger partial charge in [0.15, 0.2) is 5.69 Å². The van der Waals surface area contributed by atoms with Crippen molar-refractivity contribution < 1.29 is 19.1 Å². The molecule has 8 nitrogen and oxygen atoms in total. The molecule has 0 unspecified atom stereocenters. The number of carbonyl (C=O) groups excluding carboxylic acids is 2. The Morgan fingerprint density at radius 3 is 2.62 bits per heavy atom. The molecule has 2 aliphatic rings. The fraction of sp³-hybridized carbons (Fsp3) is 0.722. The van der Waals surface area contributed by atoms with Gasteiger partial charge in [0.05, 0.1) is 19.0 Å². The Morgan fingerprint density at radius 2 is 2.04 bits per heavy atom. The van der Waals surface area contributed by atoms with Crippen LogP contribution in [0.4, 0.5) is 5.82 Å². The lowest BCUT2D eigenvalue weighted by Crippen LogP contribution is -2.45. The summed E-state index contributed by atoms with van der Waals surface area (Å²) >= 11 is 0. The first-order valence-corrected chi connectivity index (χ1v) is 9.36. The zero-order valence-electron chi connectivity index (χ0n) is 15.7. The van der Waals surface area contributed by atoms with Gasteiger partial charge in [-0.15, -0.1) is 0 Å². The Morgan fingerprint density at radius 1 is 1.35 bits per heavy atom. The number of amides is 1. The van der Waals surface area contributed by atoms with Gasteiger partial charge >= 0.3 is 5.97 Å². The van der Waals surface area contributed by atoms with E-state index in [2.05, 4.69) is 11.9 Å². The first kappa shape index (κ1) is 18.7. The second-order valence-corrected chi connectivity index (χ2v) is 7.24. The highest BCUT2D eigenvalue weighted by Crippen LogP contribution is 2.31. The summed E-state index contributed by atoms with van der Waals surface area (Å²) in [6.07, 6.45) is 3.87. The second kappa shape index (κ2) is 7.65. The molecular weight excluding hydrogens is 336 g/mol. The zero-order valence-corrected chi connectivity index (χ0v) is 15.7. The van der Waals surface area contributed by atoms with Crippen LogP contribution in [-0.4, -0.2) is 58.2 Å². The number of rotatable bonds is 4. The molecule has 3 rings (SSSR count). The number of nitrogens with two attached hydrogens (primary N) is 1. The van der Waals surface area contributed by atoms with E-state index in [0.29, 0.717) is 18.9 Å². The largest absolute Gasteiger partial charge is 0.461 e. The quantitative estimate of drug-likeness (QED) is 0.815. The normalized spacial score (nSPS) is 26.9. The van der Waals surface area contributed by atoms with E-state index >= 15 is 0 Å². The van der Waals surface area contributed by atoms with Crippen LogP contribution in [0.1, 0.15) is 56.6 Å². The van der Waals surface area contributed by atoms with Gasteiger partial charge < -0.3 is 24.7 Å². The highest BCUT2D eigenvalue weighted by atomic mass is 16.5. The van der Waals surface area contributed by atoms with Crippen molar-refractivity contribution in [3.8, 4) is 0 Å². The van der Waals surface area contributed by atoms with Gasteiger partial charge in [0.1, 0.15) is 11.9 Å². The van der Waals surface area contributed by atoms with Crippen molar-refractivity contribution >= 4 is 17.7 Å². The number of imidazole rings is 1. The summed E-state index contributed by atoms with van der Waals surface area (Å²) < 4.78 is 12.6. The van der Waals surface area contributed by atoms with Crippen molar-refractivity contribution in [1.82, 2.24) is 14.5 Å². The number of esters is 1. The van der Waals surface area contributed by atoms with Gasteiger partial charge in [-0.2, -0.15) is 0 Å². The van der Waals surface area contributed by atoms with E-state index in [9.17, 15) is 9.59 Å². The van der Waals surface area contributed by atoms with Gasteiger partial charge in [-0.25, -0.2) is 9.78 Å². The molecule has 26 heavy (non-hydrogen) atoms. The lowest BCUT2D eigenvalue weighted by atomic mass is 9.99. The van der Waals surface area contributed by atoms with Gasteiger partial charge in [0.2, 0.25) is 0 Å². The predicted octanol–water partition coefficient (Wildman–Crippen LogP) is 1.62. The maximum atomic E-state index is 12.7. The van der Waals surface area contributed by atoms with E-state index < -0.39 is 5.97 Å². The molecule has 2 saturated heterocycles. The first-order valence-electron chi connectivity index (χ1n) is 9.36. The van der Waals surface area contributed by atoms with Crippen LogP contribution in [0.15, 0.2) is 6.33 Å². The number of nitrogen functional groups attached to an aromatic ring is 1. The minimum absolute atomic E-state index is 0.0890. The molecule has 3 heterocycles. The predicted molar refractivity (Wildman–Crippen MR) is 95.6 cm³/mol. The molecule has 0 saturated carbocycles. The molecule has 1 aromatic heterocycles. The van der Waals surface area contributed by atoms with Crippen molar-refractivity contribution in [2.45, 2.75) is 58.3 Å². The molecule has 0 aromatic carbocycles. The molecule has 144 valence electrons. The molecule has 0 aliphatic carbocycles. The highest BCUT2D eigenvalue weighted by Gasteiger charge is 2.38. The fourth-order valence-electron chi connectivity index (χ4n) is 3.95. The third-order valence-corrected chi connectivity index (χ3v) is 5.31. The van der Waals surface area contributed by atoms with Gasteiger partial charge in [-0.05, 0) is 39.0 Å². The van der Waals surface area contributed by atoms with E-state index in [1.54, 1.807) is 13.3 Å². The molecule has 0 bridgehead atoms. The SMILES string of the molecule is CCOC(=O)c1ncn(C2CCN(C(=O)[C@@H]3O[C@@H](C)C[C@@H]3C)CC2)c1N. The number of hydrogen-bond donors (Lipinski definition) is 1. The standard InChI is InChI=1S/C18H28N4O4/c1-4-25-18(24)14-16(19)22(10-20-14)13-5-7-21(8-6-13)17(23)15-11(2)9-12(3)26-15/h10-13,15H,4-9,19H2,1-3H3/t11-,12-,15+/m0/s1. The van der Waals surface area contributed by atoms with Crippen LogP contribution < -0.4 is 5.73 Å². The number of hydrogen-bond acceptors (Lipinski definition) is 6. The Hall–Kier alpha value is -2.09. The van der Waals surface area contributed by atoms with Crippen molar-refractivity contribution in [1.29, 1.82) is 0 Å². The molecule has 3 atom stereocenters. The molecule has 0 spiro atoms. The lowest BCUT2D eigenvalue weighted by molar-refractivity contribution is -0.145. The van der Waals surface area contributed by atoms with E-state index in [4.69, 9.17) is 15.2 Å². The molecular formula is C18H28N4O4. The summed E-state index contributed by atoms with van der Waals surface area (Å²) in [7, 11) is 0. The summed E-state index contributed by atoms with van der Waals surface area (Å²) in [5.74, 6) is 0.172. The first-order chi connectivity index (χ1) is 12.4. The highest BCUT2D eigenvalue weighted by molar-refractivity contribution is 5.92. The van der Waals surface area contributed by atoms with Crippen LogP contribution in [0.2, 0.25) is 0 Å². The fourth-order valence-corrected chi connectivity index (χ4v) is 3.95. The van der Waals surface area contributed by atoms with Gasteiger partial charge in [0, 0.05) is 19.1 Å². The molecule has 2 fully saturated rings. The van der Waals surface area contributed by atoms with Crippen LogP contribution in [0, 0.1) is 5.92 Å². The van der Waals surface area contributed by atoms with Gasteiger partial charge in [-0.1, -0.05) is 6.92 Å². The minimum atomic E-state index is -0.502. The van der Waals surface area contributed by atoms with Crippen LogP contribution in [0.5, 0.6) is 0 Å². The number of piperidine rings is 1. The Labute approximate surface area is 153 Å². The van der Waals surface area contributed by atoms with Crippen molar-refractivity contribution in [2.75, 3.05) is 25.4 Å². The minimum Gasteiger partial charge on any atom is -0.461 e. The number of anilines is 1. The third-order valence-electron chi connectivity index (χ3n) is 5.31. The Balaban J connectivity index is 1.60. The number of carbonyl (C=O) groups is 2. The molecule has 2 N–H and O–H groups in total. The molecule has 8 heteroatoms. The van der Waals surface area contributed by atoms with Crippen molar-refractivity contribution in [3.05, 3.63) is 12.0 Å². The van der Waals surface area contributed by atoms with Crippen LogP contribution in [-0.2, 0) is 14.3 Å². The zero-order chi connectivity index (χ0) is 18.8. The van der Waals surface area contributed by atoms with Crippen LogP contribution >= 0.6 is 0 Å². The maximum Gasteiger partial charge on any atom is 0.360 e. The van der Waals surface area contributed by atoms with Gasteiger partial charge in [-0.3, -0.25) is 4.79 Å². The van der Waals surface area contributed by atoms with Crippen molar-refractivity contribution in [2.24, 2.45) is 5.92 Å². The number of ether oxygens (including phenoxy) is 2. The number of nitrogens with zero attached hydrogens (tertiary/aromatic N) is 3. The molecule has 2 aliphatic heterocycles. The summed E-state index contributed by atoms with van der Waals surface area (Å²) in [5.41, 5.74) is 6.25. The van der Waals surface area contributed by atoms with E-state index in [1.165, 1.54) is 0 Å². The topological polar surface area (TPSA) is 99.7 Å². The average molecular weight is 364 g/mol. The summed E-state index contributed by atoms with van der Waals surface area (Å²) in [4.78, 5) is 30.6. The smallest absolute Gasteiger partial charge is 0.360 e. The van der Waals surface area contributed by atoms with E-state index in [0.717, 1.165) is 19.3 Å². The third kappa shape index (κ3) is 3.56. The van der Waals surface area contributed by atoms with Gasteiger partial charge in [0.25, 0.3) is 5.91 Å². The second-order valence-electron chi connectivity index (χ2n) is 7.24. The van der Waals surface area contributed by atoms with Crippen molar-refractivity contribution in [3.63, 3.8) is 0 Å². The monoisotopic (exact) mass is 364 g/mol. The Kier molecular flexibility index (Phi) is 5.50. The van der Waals surface area contributed by atoms with Crippen LogP contribution in [0.3, 0.4) is 0 Å². The number of aromatic nitrogens is 2. The summed E-state index contributed by atoms with van der Waals surface area (Å²) in [6, 6.07) is 0.121. The summed E-state index contributed by atoms with van der Waals surface area (Å²) in [6.45, 7) is 7.41. The van der Waals surface area contributed by atoms with E-state index in [-0.39, 0.29) is 42.4 Å². The average Bonchev–Trinajstić information content (AvgIpc) is 3.16. The maximum absolute atomic E-state index is 12.7. The molecule has 0 radical (unpaired) electrons. The lowest BCUT2D eigenvalue weighted by Gasteiger charge is -2.34. The van der Waals surface area contributed by atoms with Crippen LogP contribution in [0.25, 0.3) is 0 Å². The van der Waals surface area contributed by atoms with E-state index in [1.807, 2.05) is 16.4 Å².